The number of carbonyl (C=O) groups is 1. The van der Waals surface area contributed by atoms with Gasteiger partial charge in [0.1, 0.15) is 11.5 Å². The summed E-state index contributed by atoms with van der Waals surface area (Å²) in [7, 11) is 4.15. The van der Waals surface area contributed by atoms with Crippen molar-refractivity contribution in [2.24, 2.45) is 5.84 Å². The molecule has 1 amide bonds. The first kappa shape index (κ1) is 15.7. The average Bonchev–Trinajstić information content (AvgIpc) is 2.52. The van der Waals surface area contributed by atoms with Gasteiger partial charge in [0, 0.05) is 39.3 Å². The number of nitrogens with one attached hydrogen (secondary N) is 1. The monoisotopic (exact) mass is 292 g/mol. The van der Waals surface area contributed by atoms with Crippen molar-refractivity contribution in [1.29, 1.82) is 0 Å². The first-order valence-electron chi connectivity index (χ1n) is 7.20. The van der Waals surface area contributed by atoms with Crippen LogP contribution in [-0.4, -0.2) is 79.0 Å². The van der Waals surface area contributed by atoms with E-state index < -0.39 is 0 Å². The Morgan fingerprint density at radius 3 is 2.67 bits per heavy atom. The Balaban J connectivity index is 1.88. The van der Waals surface area contributed by atoms with Crippen LogP contribution in [-0.2, 0) is 0 Å². The molecule has 1 fully saturated rings. The molecule has 1 aliphatic heterocycles. The minimum absolute atomic E-state index is 0.0284. The highest BCUT2D eigenvalue weighted by molar-refractivity contribution is 5.92. The largest absolute Gasteiger partial charge is 0.335 e. The number of hydrogen-bond donors (Lipinski definition) is 2. The zero-order valence-electron chi connectivity index (χ0n) is 12.7. The maximum Gasteiger partial charge on any atom is 0.272 e. The molecule has 2 rings (SSSR count). The minimum Gasteiger partial charge on any atom is -0.335 e. The van der Waals surface area contributed by atoms with Crippen molar-refractivity contribution < 1.29 is 4.79 Å². The standard InChI is InChI=1S/C14H24N6O/c1-18(2)6-7-19-8-10-20(11-9-19)14(21)12-4-3-5-13(16-12)17-15/h3-5H,6-11,15H2,1-2H3,(H,16,17). The number of anilines is 1. The number of rotatable bonds is 5. The number of aromatic nitrogens is 1. The summed E-state index contributed by atoms with van der Waals surface area (Å²) < 4.78 is 0. The number of hydrazine groups is 1. The molecular weight excluding hydrogens is 268 g/mol. The van der Waals surface area contributed by atoms with Crippen LogP contribution in [0, 0.1) is 0 Å². The van der Waals surface area contributed by atoms with Gasteiger partial charge in [0.05, 0.1) is 0 Å². The summed E-state index contributed by atoms with van der Waals surface area (Å²) in [5, 5.41) is 0. The molecule has 1 saturated heterocycles. The molecule has 2 heterocycles. The van der Waals surface area contributed by atoms with Gasteiger partial charge in [-0.05, 0) is 26.2 Å². The second-order valence-electron chi connectivity index (χ2n) is 5.49. The van der Waals surface area contributed by atoms with E-state index in [2.05, 4.69) is 34.3 Å². The number of carbonyl (C=O) groups excluding carboxylic acids is 1. The van der Waals surface area contributed by atoms with E-state index in [1.54, 1.807) is 18.2 Å². The summed E-state index contributed by atoms with van der Waals surface area (Å²) in [6.45, 7) is 5.39. The lowest BCUT2D eigenvalue weighted by molar-refractivity contribution is 0.0624. The van der Waals surface area contributed by atoms with Gasteiger partial charge in [-0.1, -0.05) is 6.07 Å². The molecule has 1 aliphatic rings. The van der Waals surface area contributed by atoms with Gasteiger partial charge in [-0.3, -0.25) is 9.69 Å². The Bertz CT molecular complexity index is 470. The molecule has 1 aromatic rings. The molecule has 0 bridgehead atoms. The molecule has 0 spiro atoms. The number of nitrogen functional groups attached to an aromatic ring is 1. The summed E-state index contributed by atoms with van der Waals surface area (Å²) >= 11 is 0. The summed E-state index contributed by atoms with van der Waals surface area (Å²) in [4.78, 5) is 23.0. The third kappa shape index (κ3) is 4.38. The zero-order valence-corrected chi connectivity index (χ0v) is 12.7. The number of pyridine rings is 1. The van der Waals surface area contributed by atoms with Crippen molar-refractivity contribution in [3.05, 3.63) is 23.9 Å². The molecular formula is C14H24N6O. The molecule has 0 radical (unpaired) electrons. The lowest BCUT2D eigenvalue weighted by Gasteiger charge is -2.35. The van der Waals surface area contributed by atoms with E-state index in [-0.39, 0.29) is 5.91 Å². The van der Waals surface area contributed by atoms with Gasteiger partial charge >= 0.3 is 0 Å². The van der Waals surface area contributed by atoms with Gasteiger partial charge in [-0.15, -0.1) is 0 Å². The van der Waals surface area contributed by atoms with Crippen molar-refractivity contribution in [1.82, 2.24) is 19.7 Å². The van der Waals surface area contributed by atoms with E-state index in [1.165, 1.54) is 0 Å². The quantitative estimate of drug-likeness (QED) is 0.572. The fourth-order valence-corrected chi connectivity index (χ4v) is 2.31. The van der Waals surface area contributed by atoms with Crippen molar-refractivity contribution >= 4 is 11.7 Å². The highest BCUT2D eigenvalue weighted by Crippen LogP contribution is 2.09. The van der Waals surface area contributed by atoms with Crippen LogP contribution in [0.2, 0.25) is 0 Å². The molecule has 0 aliphatic carbocycles. The van der Waals surface area contributed by atoms with Crippen LogP contribution < -0.4 is 11.3 Å². The SMILES string of the molecule is CN(C)CCN1CCN(C(=O)c2cccc(NN)n2)CC1. The molecule has 0 saturated carbocycles. The topological polar surface area (TPSA) is 77.7 Å². The molecule has 116 valence electrons. The number of hydrogen-bond acceptors (Lipinski definition) is 6. The molecule has 7 heteroatoms. The molecule has 0 aromatic carbocycles. The van der Waals surface area contributed by atoms with Crippen molar-refractivity contribution in [3.8, 4) is 0 Å². The van der Waals surface area contributed by atoms with E-state index in [4.69, 9.17) is 5.84 Å². The van der Waals surface area contributed by atoms with E-state index in [0.29, 0.717) is 11.5 Å². The second kappa shape index (κ2) is 7.35. The van der Waals surface area contributed by atoms with E-state index in [1.807, 2.05) is 4.90 Å². The van der Waals surface area contributed by atoms with Crippen LogP contribution in [0.5, 0.6) is 0 Å². The number of nitrogens with two attached hydrogens (primary N) is 1. The normalized spacial score (nSPS) is 16.3. The predicted molar refractivity (Wildman–Crippen MR) is 82.9 cm³/mol. The Morgan fingerprint density at radius 2 is 2.05 bits per heavy atom. The Hall–Kier alpha value is -1.70. The lowest BCUT2D eigenvalue weighted by atomic mass is 10.2. The number of amides is 1. The molecule has 0 atom stereocenters. The number of nitrogens with zero attached hydrogens (tertiary/aromatic N) is 4. The van der Waals surface area contributed by atoms with E-state index in [9.17, 15) is 4.79 Å². The lowest BCUT2D eigenvalue weighted by Crippen LogP contribution is -2.50. The summed E-state index contributed by atoms with van der Waals surface area (Å²) in [6, 6.07) is 5.24. The van der Waals surface area contributed by atoms with Gasteiger partial charge in [-0.25, -0.2) is 10.8 Å². The van der Waals surface area contributed by atoms with Gasteiger partial charge in [-0.2, -0.15) is 0 Å². The van der Waals surface area contributed by atoms with Gasteiger partial charge < -0.3 is 15.2 Å². The Morgan fingerprint density at radius 1 is 1.33 bits per heavy atom. The fourth-order valence-electron chi connectivity index (χ4n) is 2.31. The third-order valence-corrected chi connectivity index (χ3v) is 3.64. The first-order valence-corrected chi connectivity index (χ1v) is 7.20. The molecule has 21 heavy (non-hydrogen) atoms. The van der Waals surface area contributed by atoms with Crippen LogP contribution in [0.25, 0.3) is 0 Å². The van der Waals surface area contributed by atoms with Crippen molar-refractivity contribution in [2.75, 3.05) is 58.8 Å². The van der Waals surface area contributed by atoms with Crippen molar-refractivity contribution in [3.63, 3.8) is 0 Å². The minimum atomic E-state index is -0.0284. The number of likely N-dealkylation sites (N-methyl/N-ethyl adjacent to an activating group) is 1. The van der Waals surface area contributed by atoms with Gasteiger partial charge in [0.25, 0.3) is 5.91 Å². The van der Waals surface area contributed by atoms with Crippen LogP contribution in [0.1, 0.15) is 10.5 Å². The fraction of sp³-hybridized carbons (Fsp3) is 0.571. The highest BCUT2D eigenvalue weighted by atomic mass is 16.2. The van der Waals surface area contributed by atoms with Crippen LogP contribution in [0.4, 0.5) is 5.82 Å². The van der Waals surface area contributed by atoms with Crippen LogP contribution >= 0.6 is 0 Å². The molecule has 7 nitrogen and oxygen atoms in total. The van der Waals surface area contributed by atoms with Gasteiger partial charge in [0.15, 0.2) is 0 Å². The molecule has 3 N–H and O–H groups in total. The highest BCUT2D eigenvalue weighted by Gasteiger charge is 2.22. The van der Waals surface area contributed by atoms with Gasteiger partial charge in [0.2, 0.25) is 0 Å². The molecule has 0 unspecified atom stereocenters. The van der Waals surface area contributed by atoms with E-state index >= 15 is 0 Å². The smallest absolute Gasteiger partial charge is 0.272 e. The summed E-state index contributed by atoms with van der Waals surface area (Å²) in [5.74, 6) is 5.80. The maximum absolute atomic E-state index is 12.4. The van der Waals surface area contributed by atoms with Crippen molar-refractivity contribution in [2.45, 2.75) is 0 Å². The third-order valence-electron chi connectivity index (χ3n) is 3.64. The summed E-state index contributed by atoms with van der Waals surface area (Å²) in [6.07, 6.45) is 0. The van der Waals surface area contributed by atoms with Crippen LogP contribution in [0.15, 0.2) is 18.2 Å². The van der Waals surface area contributed by atoms with E-state index in [0.717, 1.165) is 39.3 Å². The number of piperazine rings is 1. The first-order chi connectivity index (χ1) is 10.1. The summed E-state index contributed by atoms with van der Waals surface area (Å²) in [5.41, 5.74) is 2.90. The van der Waals surface area contributed by atoms with Crippen LogP contribution in [0.3, 0.4) is 0 Å². The predicted octanol–water partition coefficient (Wildman–Crippen LogP) is -0.313. The average molecular weight is 292 g/mol. The molecule has 1 aromatic heterocycles. The Labute approximate surface area is 125 Å². The second-order valence-corrected chi connectivity index (χ2v) is 5.49. The zero-order chi connectivity index (χ0) is 15.2. The maximum atomic E-state index is 12.4. The Kier molecular flexibility index (Phi) is 5.49.